The number of aryl methyl sites for hydroxylation is 1. The molecule has 94 valence electrons. The maximum absolute atomic E-state index is 4.43. The number of nitrogens with zero attached hydrogens (tertiary/aromatic N) is 2. The van der Waals surface area contributed by atoms with Crippen molar-refractivity contribution in [2.24, 2.45) is 4.99 Å². The third kappa shape index (κ3) is 2.43. The average molecular weight is 248 g/mol. The van der Waals surface area contributed by atoms with Gasteiger partial charge < -0.3 is 4.90 Å². The number of benzene rings is 1. The van der Waals surface area contributed by atoms with Crippen LogP contribution in [0.1, 0.15) is 11.1 Å². The van der Waals surface area contributed by atoms with E-state index in [0.717, 1.165) is 5.69 Å². The fourth-order valence-corrected chi connectivity index (χ4v) is 2.14. The molecule has 2 heterocycles. The summed E-state index contributed by atoms with van der Waals surface area (Å²) >= 11 is 0. The van der Waals surface area contributed by atoms with E-state index in [1.165, 1.54) is 22.3 Å². The first kappa shape index (κ1) is 11.7. The number of allylic oxidation sites excluding steroid dienone is 6. The van der Waals surface area contributed by atoms with E-state index < -0.39 is 0 Å². The highest BCUT2D eigenvalue weighted by atomic mass is 15.0. The van der Waals surface area contributed by atoms with Crippen LogP contribution in [0.5, 0.6) is 0 Å². The monoisotopic (exact) mass is 248 g/mol. The second-order valence-corrected chi connectivity index (χ2v) is 4.86. The molecule has 0 spiro atoms. The van der Waals surface area contributed by atoms with Gasteiger partial charge in [-0.15, -0.1) is 0 Å². The zero-order chi connectivity index (χ0) is 13.2. The van der Waals surface area contributed by atoms with E-state index in [4.69, 9.17) is 0 Å². The van der Waals surface area contributed by atoms with Gasteiger partial charge in [-0.05, 0) is 36.8 Å². The summed E-state index contributed by atoms with van der Waals surface area (Å²) in [7, 11) is 2.02. The van der Waals surface area contributed by atoms with Crippen LogP contribution in [-0.2, 0) is 0 Å². The Balaban J connectivity index is 1.90. The predicted molar refractivity (Wildman–Crippen MR) is 81.4 cm³/mol. The second-order valence-electron chi connectivity index (χ2n) is 4.86. The lowest BCUT2D eigenvalue weighted by Crippen LogP contribution is -2.02. The van der Waals surface area contributed by atoms with Gasteiger partial charge in [0, 0.05) is 36.8 Å². The van der Waals surface area contributed by atoms with E-state index >= 15 is 0 Å². The molecule has 0 atom stereocenters. The zero-order valence-corrected chi connectivity index (χ0v) is 11.2. The number of aliphatic imine (C=N–C) groups is 1. The van der Waals surface area contributed by atoms with Crippen molar-refractivity contribution in [3.05, 3.63) is 71.6 Å². The quantitative estimate of drug-likeness (QED) is 0.733. The Bertz CT molecular complexity index is 642. The summed E-state index contributed by atoms with van der Waals surface area (Å²) in [5, 5.41) is 0. The molecule has 2 aliphatic rings. The Morgan fingerprint density at radius 2 is 1.89 bits per heavy atom. The Morgan fingerprint density at radius 3 is 2.68 bits per heavy atom. The van der Waals surface area contributed by atoms with Crippen molar-refractivity contribution < 1.29 is 0 Å². The molecular weight excluding hydrogens is 232 g/mol. The summed E-state index contributed by atoms with van der Waals surface area (Å²) < 4.78 is 0. The van der Waals surface area contributed by atoms with Crippen molar-refractivity contribution >= 4 is 17.5 Å². The van der Waals surface area contributed by atoms with Gasteiger partial charge in [-0.25, -0.2) is 0 Å². The lowest BCUT2D eigenvalue weighted by Gasteiger charge is -2.11. The lowest BCUT2D eigenvalue weighted by atomic mass is 10.0. The van der Waals surface area contributed by atoms with Crippen molar-refractivity contribution in [2.75, 3.05) is 7.05 Å². The zero-order valence-electron chi connectivity index (χ0n) is 11.2. The fraction of sp³-hybridized carbons (Fsp3) is 0.118. The van der Waals surface area contributed by atoms with E-state index in [2.05, 4.69) is 54.4 Å². The third-order valence-electron chi connectivity index (χ3n) is 3.27. The Hall–Kier alpha value is -2.35. The van der Waals surface area contributed by atoms with Gasteiger partial charge in [-0.1, -0.05) is 23.8 Å². The number of fused-ring (bicyclic) bond motifs is 1. The minimum Gasteiger partial charge on any atom is -0.357 e. The van der Waals surface area contributed by atoms with Crippen LogP contribution in [0.15, 0.2) is 65.5 Å². The van der Waals surface area contributed by atoms with Crippen LogP contribution in [-0.4, -0.2) is 18.2 Å². The molecule has 0 N–H and O–H groups in total. The molecule has 3 rings (SSSR count). The average Bonchev–Trinajstić information content (AvgIpc) is 2.80. The van der Waals surface area contributed by atoms with Crippen LogP contribution in [0.4, 0.5) is 5.69 Å². The third-order valence-corrected chi connectivity index (χ3v) is 3.27. The number of hydrogen-bond donors (Lipinski definition) is 0. The number of rotatable bonds is 1. The molecule has 0 amide bonds. The van der Waals surface area contributed by atoms with E-state index in [-0.39, 0.29) is 0 Å². The first-order valence-electron chi connectivity index (χ1n) is 6.38. The first-order valence-corrected chi connectivity index (χ1v) is 6.38. The summed E-state index contributed by atoms with van der Waals surface area (Å²) in [6, 6.07) is 6.36. The van der Waals surface area contributed by atoms with Crippen LogP contribution < -0.4 is 0 Å². The van der Waals surface area contributed by atoms with Crippen molar-refractivity contribution in [1.29, 1.82) is 0 Å². The first-order chi connectivity index (χ1) is 9.22. The maximum Gasteiger partial charge on any atom is 0.0708 e. The molecule has 2 nitrogen and oxygen atoms in total. The van der Waals surface area contributed by atoms with Gasteiger partial charge in [0.15, 0.2) is 0 Å². The van der Waals surface area contributed by atoms with Gasteiger partial charge in [0.05, 0.1) is 5.69 Å². The summed E-state index contributed by atoms with van der Waals surface area (Å²) in [4.78, 5) is 6.46. The largest absolute Gasteiger partial charge is 0.357 e. The van der Waals surface area contributed by atoms with Gasteiger partial charge in [0.2, 0.25) is 0 Å². The van der Waals surface area contributed by atoms with E-state index in [9.17, 15) is 0 Å². The summed E-state index contributed by atoms with van der Waals surface area (Å²) in [6.45, 7) is 2.11. The standard InChI is InChI=1S/C17H16N2/c1-13-3-6-17-16(11-13)15(12-18-17)5-4-14-7-9-19(2)10-8-14/h3-12H,1-2H3. The second kappa shape index (κ2) is 4.73. The molecule has 0 aliphatic carbocycles. The molecule has 1 aromatic rings. The molecule has 2 heteroatoms. The van der Waals surface area contributed by atoms with Crippen LogP contribution >= 0.6 is 0 Å². The van der Waals surface area contributed by atoms with E-state index in [1.54, 1.807) is 0 Å². The summed E-state index contributed by atoms with van der Waals surface area (Å²) in [6.07, 6.45) is 14.5. The lowest BCUT2D eigenvalue weighted by molar-refractivity contribution is 0.620. The Labute approximate surface area is 113 Å². The maximum atomic E-state index is 4.43. The molecule has 0 aromatic heterocycles. The number of hydrogen-bond acceptors (Lipinski definition) is 2. The fourth-order valence-electron chi connectivity index (χ4n) is 2.14. The van der Waals surface area contributed by atoms with Crippen LogP contribution in [0.2, 0.25) is 0 Å². The molecule has 0 saturated heterocycles. The highest BCUT2D eigenvalue weighted by Crippen LogP contribution is 2.32. The summed E-state index contributed by atoms with van der Waals surface area (Å²) in [5.74, 6) is 0. The summed E-state index contributed by atoms with van der Waals surface area (Å²) in [5.41, 5.74) is 5.91. The van der Waals surface area contributed by atoms with Gasteiger partial charge in [-0.2, -0.15) is 0 Å². The van der Waals surface area contributed by atoms with Gasteiger partial charge >= 0.3 is 0 Å². The Morgan fingerprint density at radius 1 is 1.11 bits per heavy atom. The van der Waals surface area contributed by atoms with E-state index in [0.29, 0.717) is 0 Å². The minimum atomic E-state index is 1.06. The molecule has 19 heavy (non-hydrogen) atoms. The van der Waals surface area contributed by atoms with Crippen LogP contribution in [0.3, 0.4) is 0 Å². The SMILES string of the molecule is Cc1ccc2c(c1)C(=CC=C1C=CN(C)C=C1)C=N2. The van der Waals surface area contributed by atoms with Crippen molar-refractivity contribution in [1.82, 2.24) is 4.90 Å². The molecule has 0 fully saturated rings. The molecule has 0 radical (unpaired) electrons. The minimum absolute atomic E-state index is 1.06. The van der Waals surface area contributed by atoms with Crippen LogP contribution in [0, 0.1) is 6.92 Å². The predicted octanol–water partition coefficient (Wildman–Crippen LogP) is 3.99. The molecule has 0 saturated carbocycles. The van der Waals surface area contributed by atoms with Gasteiger partial charge in [0.1, 0.15) is 0 Å². The van der Waals surface area contributed by atoms with Gasteiger partial charge in [0.25, 0.3) is 0 Å². The molecular formula is C17H16N2. The topological polar surface area (TPSA) is 15.6 Å². The van der Waals surface area contributed by atoms with Gasteiger partial charge in [-0.3, -0.25) is 4.99 Å². The highest BCUT2D eigenvalue weighted by molar-refractivity contribution is 6.16. The molecule has 0 unspecified atom stereocenters. The smallest absolute Gasteiger partial charge is 0.0708 e. The van der Waals surface area contributed by atoms with E-state index in [1.807, 2.05) is 30.6 Å². The normalized spacial score (nSPS) is 18.3. The van der Waals surface area contributed by atoms with Crippen molar-refractivity contribution in [3.8, 4) is 0 Å². The molecule has 2 aliphatic heterocycles. The molecule has 1 aromatic carbocycles. The Kier molecular flexibility index (Phi) is 2.92. The van der Waals surface area contributed by atoms with Crippen molar-refractivity contribution in [2.45, 2.75) is 6.92 Å². The highest BCUT2D eigenvalue weighted by Gasteiger charge is 2.10. The molecule has 0 bridgehead atoms. The van der Waals surface area contributed by atoms with Crippen LogP contribution in [0.25, 0.3) is 5.57 Å². The van der Waals surface area contributed by atoms with Crippen molar-refractivity contribution in [3.63, 3.8) is 0 Å².